The van der Waals surface area contributed by atoms with Crippen LogP contribution in [0.15, 0.2) is 11.6 Å². The molecule has 0 heterocycles. The van der Waals surface area contributed by atoms with Crippen LogP contribution in [-0.4, -0.2) is 23.6 Å². The lowest BCUT2D eigenvalue weighted by molar-refractivity contribution is -0.167. The number of hydrogen-bond donors (Lipinski definition) is 0. The summed E-state index contributed by atoms with van der Waals surface area (Å²) in [6.07, 6.45) is 16.5. The molecule has 152 valence electrons. The molecule has 0 saturated heterocycles. The van der Waals surface area contributed by atoms with Gasteiger partial charge >= 0.3 is 11.9 Å². The third-order valence-corrected chi connectivity index (χ3v) is 8.40. The van der Waals surface area contributed by atoms with Crippen molar-refractivity contribution in [1.82, 2.24) is 0 Å². The average Bonchev–Trinajstić information content (AvgIpc) is 2.93. The molecule has 0 amide bonds. The van der Waals surface area contributed by atoms with Crippen molar-refractivity contribution in [2.24, 2.45) is 29.1 Å². The first-order valence-corrected chi connectivity index (χ1v) is 10.8. The van der Waals surface area contributed by atoms with Gasteiger partial charge in [-0.1, -0.05) is 18.4 Å². The SMILES string of the molecule is C#C[C@]1(OC(C)=O)CCC2C3CCC4=CC(OC(C)=O)CCC4C3CC[C@@]21C. The van der Waals surface area contributed by atoms with Crippen LogP contribution in [0.25, 0.3) is 0 Å². The minimum absolute atomic E-state index is 0.0429. The van der Waals surface area contributed by atoms with E-state index < -0.39 is 5.60 Å². The van der Waals surface area contributed by atoms with Gasteiger partial charge in [0.15, 0.2) is 5.60 Å². The second-order valence-electron chi connectivity index (χ2n) is 9.61. The Labute approximate surface area is 168 Å². The van der Waals surface area contributed by atoms with Crippen LogP contribution in [0.5, 0.6) is 0 Å². The zero-order valence-corrected chi connectivity index (χ0v) is 17.3. The maximum atomic E-state index is 11.8. The highest BCUT2D eigenvalue weighted by molar-refractivity contribution is 5.67. The molecule has 4 rings (SSSR count). The maximum absolute atomic E-state index is 11.8. The van der Waals surface area contributed by atoms with E-state index in [2.05, 4.69) is 18.9 Å². The van der Waals surface area contributed by atoms with E-state index in [9.17, 15) is 9.59 Å². The van der Waals surface area contributed by atoms with Gasteiger partial charge in [0.2, 0.25) is 0 Å². The lowest BCUT2D eigenvalue weighted by Gasteiger charge is -2.55. The number of esters is 2. The average molecular weight is 385 g/mol. The summed E-state index contributed by atoms with van der Waals surface area (Å²) in [6.45, 7) is 5.23. The number of carbonyl (C=O) groups excluding carboxylic acids is 2. The quantitative estimate of drug-likeness (QED) is 0.402. The Morgan fingerprint density at radius 2 is 1.86 bits per heavy atom. The van der Waals surface area contributed by atoms with Crippen molar-refractivity contribution in [2.75, 3.05) is 0 Å². The Morgan fingerprint density at radius 1 is 1.07 bits per heavy atom. The van der Waals surface area contributed by atoms with Crippen molar-refractivity contribution in [1.29, 1.82) is 0 Å². The van der Waals surface area contributed by atoms with E-state index in [4.69, 9.17) is 15.9 Å². The summed E-state index contributed by atoms with van der Waals surface area (Å²) in [4.78, 5) is 23.1. The molecule has 7 atom stereocenters. The molecule has 4 aliphatic rings. The van der Waals surface area contributed by atoms with E-state index >= 15 is 0 Å². The van der Waals surface area contributed by atoms with E-state index in [1.807, 2.05) is 0 Å². The van der Waals surface area contributed by atoms with Gasteiger partial charge in [-0.05, 0) is 81.1 Å². The van der Waals surface area contributed by atoms with Crippen molar-refractivity contribution < 1.29 is 19.1 Å². The predicted octanol–water partition coefficient (Wildman–Crippen LogP) is 4.43. The Kier molecular flexibility index (Phi) is 4.84. The van der Waals surface area contributed by atoms with Crippen molar-refractivity contribution in [3.8, 4) is 12.3 Å². The molecule has 0 aliphatic heterocycles. The van der Waals surface area contributed by atoms with Gasteiger partial charge in [0.25, 0.3) is 0 Å². The van der Waals surface area contributed by atoms with E-state index in [1.54, 1.807) is 0 Å². The zero-order chi connectivity index (χ0) is 20.1. The molecule has 0 spiro atoms. The summed E-state index contributed by atoms with van der Waals surface area (Å²) in [6, 6.07) is 0. The Bertz CT molecular complexity index is 746. The molecule has 3 fully saturated rings. The standard InChI is InChI=1S/C24H32O4/c1-5-24(28-16(3)26)13-11-22-21-8-6-17-14-18(27-15(2)25)7-9-19(17)20(21)10-12-23(22,24)4/h1,14,18-22H,6-13H2,2-4H3/t18?,19?,20?,21?,22?,23-,24-/m0/s1. The largest absolute Gasteiger partial charge is 0.458 e. The minimum Gasteiger partial charge on any atom is -0.458 e. The third kappa shape index (κ3) is 2.90. The summed E-state index contributed by atoms with van der Waals surface area (Å²) >= 11 is 0. The van der Waals surface area contributed by atoms with Crippen LogP contribution >= 0.6 is 0 Å². The van der Waals surface area contributed by atoms with Gasteiger partial charge in [-0.2, -0.15) is 0 Å². The second-order valence-corrected chi connectivity index (χ2v) is 9.61. The zero-order valence-electron chi connectivity index (χ0n) is 17.3. The summed E-state index contributed by atoms with van der Waals surface area (Å²) in [7, 11) is 0. The molecule has 0 radical (unpaired) electrons. The second kappa shape index (κ2) is 6.94. The molecule has 28 heavy (non-hydrogen) atoms. The van der Waals surface area contributed by atoms with Gasteiger partial charge in [-0.3, -0.25) is 9.59 Å². The van der Waals surface area contributed by atoms with E-state index in [1.165, 1.54) is 25.8 Å². The molecule has 0 N–H and O–H groups in total. The van der Waals surface area contributed by atoms with E-state index in [0.717, 1.165) is 44.9 Å². The molecular formula is C24H32O4. The van der Waals surface area contributed by atoms with Gasteiger partial charge in [0, 0.05) is 19.3 Å². The normalized spacial score (nSPS) is 44.2. The summed E-state index contributed by atoms with van der Waals surface area (Å²) < 4.78 is 11.3. The van der Waals surface area contributed by atoms with Gasteiger partial charge < -0.3 is 9.47 Å². The molecule has 0 aromatic heterocycles. The lowest BCUT2D eigenvalue weighted by atomic mass is 9.50. The number of allylic oxidation sites excluding steroid dienone is 1. The van der Waals surface area contributed by atoms with Crippen LogP contribution in [0.4, 0.5) is 0 Å². The Hall–Kier alpha value is -1.76. The number of terminal acetylenes is 1. The Balaban J connectivity index is 1.57. The van der Waals surface area contributed by atoms with Gasteiger partial charge in [0.05, 0.1) is 0 Å². The summed E-state index contributed by atoms with van der Waals surface area (Å²) in [5.41, 5.74) is 0.644. The fraction of sp³-hybridized carbons (Fsp3) is 0.750. The van der Waals surface area contributed by atoms with Gasteiger partial charge in [-0.25, -0.2) is 0 Å². The van der Waals surface area contributed by atoms with Crippen LogP contribution in [0.3, 0.4) is 0 Å². The maximum Gasteiger partial charge on any atom is 0.304 e. The smallest absolute Gasteiger partial charge is 0.304 e. The number of carbonyl (C=O) groups is 2. The molecule has 0 aromatic carbocycles. The highest BCUT2D eigenvalue weighted by atomic mass is 16.6. The van der Waals surface area contributed by atoms with E-state index in [0.29, 0.717) is 23.7 Å². The predicted molar refractivity (Wildman–Crippen MR) is 106 cm³/mol. The molecule has 3 saturated carbocycles. The first kappa shape index (κ1) is 19.6. The number of rotatable bonds is 2. The van der Waals surface area contributed by atoms with Crippen molar-refractivity contribution in [2.45, 2.75) is 83.8 Å². The summed E-state index contributed by atoms with van der Waals surface area (Å²) in [5, 5.41) is 0. The van der Waals surface area contributed by atoms with Crippen LogP contribution in [-0.2, 0) is 19.1 Å². The van der Waals surface area contributed by atoms with Crippen LogP contribution in [0, 0.1) is 41.4 Å². The molecule has 4 heteroatoms. The van der Waals surface area contributed by atoms with Crippen molar-refractivity contribution in [3.05, 3.63) is 11.6 Å². The molecule has 4 aliphatic carbocycles. The third-order valence-electron chi connectivity index (χ3n) is 8.40. The van der Waals surface area contributed by atoms with E-state index in [-0.39, 0.29) is 23.5 Å². The fourth-order valence-electron chi connectivity index (χ4n) is 7.28. The molecule has 5 unspecified atom stereocenters. The van der Waals surface area contributed by atoms with Crippen LogP contribution in [0.1, 0.15) is 72.1 Å². The van der Waals surface area contributed by atoms with Crippen molar-refractivity contribution >= 4 is 11.9 Å². The highest BCUT2D eigenvalue weighted by Crippen LogP contribution is 2.65. The monoisotopic (exact) mass is 384 g/mol. The number of fused-ring (bicyclic) bond motifs is 5. The fourth-order valence-corrected chi connectivity index (χ4v) is 7.28. The number of ether oxygens (including phenoxy) is 2. The first-order chi connectivity index (χ1) is 13.3. The molecular weight excluding hydrogens is 352 g/mol. The minimum atomic E-state index is -0.739. The number of hydrogen-bond acceptors (Lipinski definition) is 4. The highest BCUT2D eigenvalue weighted by Gasteiger charge is 2.64. The van der Waals surface area contributed by atoms with Crippen LogP contribution in [0.2, 0.25) is 0 Å². The van der Waals surface area contributed by atoms with Crippen LogP contribution < -0.4 is 0 Å². The lowest BCUT2D eigenvalue weighted by Crippen LogP contribution is -2.53. The van der Waals surface area contributed by atoms with Gasteiger partial charge in [0.1, 0.15) is 6.10 Å². The molecule has 4 nitrogen and oxygen atoms in total. The molecule has 0 aromatic rings. The van der Waals surface area contributed by atoms with Gasteiger partial charge in [-0.15, -0.1) is 6.42 Å². The Morgan fingerprint density at radius 3 is 2.54 bits per heavy atom. The topological polar surface area (TPSA) is 52.6 Å². The summed E-state index contributed by atoms with van der Waals surface area (Å²) in [5.74, 6) is 4.94. The molecule has 0 bridgehead atoms. The first-order valence-electron chi connectivity index (χ1n) is 10.8. The van der Waals surface area contributed by atoms with Crippen molar-refractivity contribution in [3.63, 3.8) is 0 Å².